The Morgan fingerprint density at radius 3 is 2.81 bits per heavy atom. The van der Waals surface area contributed by atoms with Crippen molar-refractivity contribution in [1.29, 1.82) is 0 Å². The quantitative estimate of drug-likeness (QED) is 0.844. The van der Waals surface area contributed by atoms with Crippen molar-refractivity contribution in [2.75, 3.05) is 6.54 Å². The average Bonchev–Trinajstić information content (AvgIpc) is 2.62. The molecule has 1 aromatic rings. The molecule has 1 aromatic heterocycles. The van der Waals surface area contributed by atoms with Gasteiger partial charge in [-0.15, -0.1) is 11.3 Å². The highest BCUT2D eigenvalue weighted by Crippen LogP contribution is 2.21. The maximum atomic E-state index is 10.2. The van der Waals surface area contributed by atoms with Crippen LogP contribution in [0.15, 0.2) is 15.9 Å². The number of hydrogen-bond acceptors (Lipinski definition) is 3. The molecule has 0 aromatic carbocycles. The Bertz CT molecular complexity index is 325. The van der Waals surface area contributed by atoms with Crippen LogP contribution in [0.4, 0.5) is 0 Å². The van der Waals surface area contributed by atoms with Crippen LogP contribution in [-0.2, 0) is 6.54 Å². The highest BCUT2D eigenvalue weighted by Gasteiger charge is 2.26. The number of thiophene rings is 1. The van der Waals surface area contributed by atoms with Crippen LogP contribution in [0.2, 0.25) is 0 Å². The SMILES string of the molecule is CCC(C)C(C)(O)CNCc1cc(Br)cs1. The third kappa shape index (κ3) is 4.17. The third-order valence-corrected chi connectivity index (χ3v) is 4.78. The van der Waals surface area contributed by atoms with Gasteiger partial charge in [-0.2, -0.15) is 0 Å². The molecule has 0 saturated carbocycles. The summed E-state index contributed by atoms with van der Waals surface area (Å²) in [5.74, 6) is 0.315. The van der Waals surface area contributed by atoms with Gasteiger partial charge in [-0.25, -0.2) is 0 Å². The van der Waals surface area contributed by atoms with E-state index in [0.29, 0.717) is 12.5 Å². The molecule has 0 bridgehead atoms. The van der Waals surface area contributed by atoms with Crippen LogP contribution < -0.4 is 5.32 Å². The monoisotopic (exact) mass is 305 g/mol. The van der Waals surface area contributed by atoms with Crippen LogP contribution in [0.1, 0.15) is 32.1 Å². The Hall–Kier alpha value is 0.1000. The van der Waals surface area contributed by atoms with Crippen LogP contribution in [0, 0.1) is 5.92 Å². The van der Waals surface area contributed by atoms with Crippen LogP contribution in [0.3, 0.4) is 0 Å². The summed E-state index contributed by atoms with van der Waals surface area (Å²) in [5.41, 5.74) is -0.622. The summed E-state index contributed by atoms with van der Waals surface area (Å²) in [5, 5.41) is 15.6. The molecule has 16 heavy (non-hydrogen) atoms. The predicted octanol–water partition coefficient (Wildman–Crippen LogP) is 3.40. The van der Waals surface area contributed by atoms with Crippen molar-refractivity contribution >= 4 is 27.3 Å². The second-order valence-corrected chi connectivity index (χ2v) is 6.41. The molecular weight excluding hydrogens is 286 g/mol. The van der Waals surface area contributed by atoms with Crippen molar-refractivity contribution in [3.8, 4) is 0 Å². The molecule has 0 spiro atoms. The van der Waals surface area contributed by atoms with Gasteiger partial charge in [0.05, 0.1) is 5.60 Å². The maximum Gasteiger partial charge on any atom is 0.0768 e. The van der Waals surface area contributed by atoms with E-state index in [2.05, 4.69) is 46.5 Å². The van der Waals surface area contributed by atoms with Gasteiger partial charge in [0.25, 0.3) is 0 Å². The van der Waals surface area contributed by atoms with Crippen LogP contribution in [-0.4, -0.2) is 17.3 Å². The smallest absolute Gasteiger partial charge is 0.0768 e. The van der Waals surface area contributed by atoms with Crippen molar-refractivity contribution < 1.29 is 5.11 Å². The standard InChI is InChI=1S/C12H20BrNOS/c1-4-9(2)12(3,15)8-14-6-11-5-10(13)7-16-11/h5,7,9,14-15H,4,6,8H2,1-3H3. The maximum absolute atomic E-state index is 10.2. The fourth-order valence-electron chi connectivity index (χ4n) is 1.50. The van der Waals surface area contributed by atoms with Crippen LogP contribution in [0.25, 0.3) is 0 Å². The lowest BCUT2D eigenvalue weighted by Gasteiger charge is -2.29. The van der Waals surface area contributed by atoms with Gasteiger partial charge in [-0.1, -0.05) is 20.3 Å². The van der Waals surface area contributed by atoms with E-state index in [0.717, 1.165) is 17.4 Å². The van der Waals surface area contributed by atoms with Crippen molar-refractivity contribution in [3.63, 3.8) is 0 Å². The third-order valence-electron chi connectivity index (χ3n) is 3.08. The normalized spacial score (nSPS) is 17.1. The summed E-state index contributed by atoms with van der Waals surface area (Å²) in [4.78, 5) is 1.28. The van der Waals surface area contributed by atoms with Gasteiger partial charge in [-0.3, -0.25) is 0 Å². The van der Waals surface area contributed by atoms with E-state index in [1.54, 1.807) is 11.3 Å². The zero-order valence-electron chi connectivity index (χ0n) is 10.1. The Labute approximate surface area is 110 Å². The number of aliphatic hydroxyl groups is 1. The molecular formula is C12H20BrNOS. The highest BCUT2D eigenvalue weighted by atomic mass is 79.9. The van der Waals surface area contributed by atoms with Crippen LogP contribution >= 0.6 is 27.3 Å². The van der Waals surface area contributed by atoms with E-state index in [4.69, 9.17) is 0 Å². The molecule has 0 radical (unpaired) electrons. The predicted molar refractivity (Wildman–Crippen MR) is 73.8 cm³/mol. The number of nitrogens with one attached hydrogen (secondary N) is 1. The van der Waals surface area contributed by atoms with Gasteiger partial charge in [0.2, 0.25) is 0 Å². The van der Waals surface area contributed by atoms with E-state index in [9.17, 15) is 5.11 Å². The van der Waals surface area contributed by atoms with Crippen molar-refractivity contribution in [2.45, 2.75) is 39.3 Å². The average molecular weight is 306 g/mol. The Balaban J connectivity index is 2.35. The molecule has 2 atom stereocenters. The van der Waals surface area contributed by atoms with E-state index in [-0.39, 0.29) is 0 Å². The molecule has 1 heterocycles. The minimum atomic E-state index is -0.622. The van der Waals surface area contributed by atoms with Gasteiger partial charge in [-0.05, 0) is 34.8 Å². The van der Waals surface area contributed by atoms with Gasteiger partial charge < -0.3 is 10.4 Å². The van der Waals surface area contributed by atoms with Crippen molar-refractivity contribution in [2.24, 2.45) is 5.92 Å². The molecule has 4 heteroatoms. The Morgan fingerprint density at radius 2 is 2.31 bits per heavy atom. The summed E-state index contributed by atoms with van der Waals surface area (Å²) in [6.07, 6.45) is 0.999. The fourth-order valence-corrected chi connectivity index (χ4v) is 2.92. The molecule has 1 rings (SSSR count). The Kier molecular flexibility index (Phi) is 5.44. The fraction of sp³-hybridized carbons (Fsp3) is 0.667. The summed E-state index contributed by atoms with van der Waals surface area (Å²) in [7, 11) is 0. The minimum Gasteiger partial charge on any atom is -0.389 e. The first-order valence-corrected chi connectivity index (χ1v) is 7.29. The lowest BCUT2D eigenvalue weighted by molar-refractivity contribution is 0.00540. The van der Waals surface area contributed by atoms with Crippen molar-refractivity contribution in [1.82, 2.24) is 5.32 Å². The minimum absolute atomic E-state index is 0.315. The summed E-state index contributed by atoms with van der Waals surface area (Å²) in [6, 6.07) is 2.11. The largest absolute Gasteiger partial charge is 0.389 e. The molecule has 0 fully saturated rings. The molecule has 0 aliphatic heterocycles. The number of hydrogen-bond donors (Lipinski definition) is 2. The van der Waals surface area contributed by atoms with E-state index in [1.165, 1.54) is 4.88 Å². The molecule has 92 valence electrons. The first kappa shape index (κ1) is 14.2. The lowest BCUT2D eigenvalue weighted by Crippen LogP contribution is -2.42. The highest BCUT2D eigenvalue weighted by molar-refractivity contribution is 9.10. The second-order valence-electron chi connectivity index (χ2n) is 4.50. The molecule has 2 N–H and O–H groups in total. The molecule has 0 saturated heterocycles. The van der Waals surface area contributed by atoms with E-state index in [1.807, 2.05) is 6.92 Å². The molecule has 0 amide bonds. The molecule has 0 aliphatic carbocycles. The van der Waals surface area contributed by atoms with Crippen LogP contribution in [0.5, 0.6) is 0 Å². The zero-order chi connectivity index (χ0) is 12.2. The topological polar surface area (TPSA) is 32.3 Å². The lowest BCUT2D eigenvalue weighted by atomic mass is 9.89. The van der Waals surface area contributed by atoms with Crippen molar-refractivity contribution in [3.05, 3.63) is 20.8 Å². The number of halogens is 1. The zero-order valence-corrected chi connectivity index (χ0v) is 12.5. The van der Waals surface area contributed by atoms with Gasteiger partial charge >= 0.3 is 0 Å². The summed E-state index contributed by atoms with van der Waals surface area (Å²) in [6.45, 7) is 7.55. The second kappa shape index (κ2) is 6.15. The number of rotatable bonds is 6. The van der Waals surface area contributed by atoms with Gasteiger partial charge in [0.1, 0.15) is 0 Å². The Morgan fingerprint density at radius 1 is 1.62 bits per heavy atom. The molecule has 0 aliphatic rings. The molecule has 2 unspecified atom stereocenters. The summed E-state index contributed by atoms with van der Waals surface area (Å²) >= 11 is 5.15. The first-order chi connectivity index (χ1) is 7.45. The summed E-state index contributed by atoms with van der Waals surface area (Å²) < 4.78 is 1.13. The molecule has 2 nitrogen and oxygen atoms in total. The van der Waals surface area contributed by atoms with Gasteiger partial charge in [0, 0.05) is 27.8 Å². The first-order valence-electron chi connectivity index (χ1n) is 5.61. The van der Waals surface area contributed by atoms with E-state index >= 15 is 0 Å². The van der Waals surface area contributed by atoms with Gasteiger partial charge in [0.15, 0.2) is 0 Å². The van der Waals surface area contributed by atoms with E-state index < -0.39 is 5.60 Å².